The lowest BCUT2D eigenvalue weighted by molar-refractivity contribution is -0.120. The van der Waals surface area contributed by atoms with Gasteiger partial charge < -0.3 is 15.0 Å². The van der Waals surface area contributed by atoms with Crippen LogP contribution in [0.1, 0.15) is 44.1 Å². The Balaban J connectivity index is 1.22. The molecular formula is C33H31FN6O2. The molecule has 4 aromatic heterocycles. The topological polar surface area (TPSA) is 109 Å². The average Bonchev–Trinajstić information content (AvgIpc) is 3.65. The molecule has 8 nitrogen and oxygen atoms in total. The molecule has 42 heavy (non-hydrogen) atoms. The van der Waals surface area contributed by atoms with E-state index in [0.29, 0.717) is 5.69 Å². The summed E-state index contributed by atoms with van der Waals surface area (Å²) in [4.78, 5) is 25.3. The van der Waals surface area contributed by atoms with Gasteiger partial charge in [-0.15, -0.1) is 0 Å². The maximum absolute atomic E-state index is 14.4. The molecule has 9 heteroatoms. The van der Waals surface area contributed by atoms with Crippen molar-refractivity contribution in [2.24, 2.45) is 5.92 Å². The minimum Gasteiger partial charge on any atom is -0.377 e. The van der Waals surface area contributed by atoms with E-state index in [1.54, 1.807) is 31.8 Å². The summed E-state index contributed by atoms with van der Waals surface area (Å²) >= 11 is 0. The predicted molar refractivity (Wildman–Crippen MR) is 162 cm³/mol. The number of anilines is 1. The Hall–Kier alpha value is -4.63. The number of hydrogen-bond donors (Lipinski definition) is 3. The largest absolute Gasteiger partial charge is 0.377 e. The number of hydrogen-bond acceptors (Lipinski definition) is 5. The third kappa shape index (κ3) is 5.00. The first kappa shape index (κ1) is 26.3. The minimum absolute atomic E-state index is 0.0623. The summed E-state index contributed by atoms with van der Waals surface area (Å²) < 4.78 is 19.8. The number of fused-ring (bicyclic) bond motifs is 2. The number of carbonyl (C=O) groups is 1. The van der Waals surface area contributed by atoms with Gasteiger partial charge in [0.2, 0.25) is 5.91 Å². The number of carbonyl (C=O) groups excluding carboxylic acids is 1. The second-order valence-corrected chi connectivity index (χ2v) is 11.1. The number of ether oxygens (including phenoxy) is 1. The van der Waals surface area contributed by atoms with Crippen LogP contribution in [0.5, 0.6) is 0 Å². The van der Waals surface area contributed by atoms with Gasteiger partial charge in [0.05, 0.1) is 41.1 Å². The van der Waals surface area contributed by atoms with E-state index in [9.17, 15) is 9.18 Å². The number of allylic oxidation sites excluding steroid dienone is 2. The second-order valence-electron chi connectivity index (χ2n) is 11.1. The zero-order valence-corrected chi connectivity index (χ0v) is 23.3. The summed E-state index contributed by atoms with van der Waals surface area (Å²) in [7, 11) is 1.60. The maximum atomic E-state index is 14.4. The lowest BCUT2D eigenvalue weighted by atomic mass is 9.88. The van der Waals surface area contributed by atoms with Crippen LogP contribution in [0.4, 0.5) is 10.1 Å². The van der Waals surface area contributed by atoms with Crippen molar-refractivity contribution in [3.05, 3.63) is 78.5 Å². The van der Waals surface area contributed by atoms with Crippen LogP contribution in [0.2, 0.25) is 0 Å². The highest BCUT2D eigenvalue weighted by atomic mass is 19.1. The minimum atomic E-state index is -0.298. The van der Waals surface area contributed by atoms with Crippen molar-refractivity contribution in [3.63, 3.8) is 0 Å². The summed E-state index contributed by atoms with van der Waals surface area (Å²) in [6, 6.07) is 11.9. The number of H-pyrrole nitrogens is 2. The second kappa shape index (κ2) is 11.0. The first-order chi connectivity index (χ1) is 20.6. The van der Waals surface area contributed by atoms with Crippen molar-refractivity contribution in [1.82, 2.24) is 25.1 Å². The number of nitrogens with one attached hydrogen (secondary N) is 3. The number of halogens is 1. The highest BCUT2D eigenvalue weighted by Gasteiger charge is 2.22. The number of amides is 1. The zero-order chi connectivity index (χ0) is 28.6. The van der Waals surface area contributed by atoms with Crippen LogP contribution in [0, 0.1) is 5.92 Å². The molecule has 0 aliphatic heterocycles. The molecule has 1 fully saturated rings. The van der Waals surface area contributed by atoms with Gasteiger partial charge in [-0.1, -0.05) is 31.4 Å². The number of rotatable bonds is 6. The van der Waals surface area contributed by atoms with Crippen LogP contribution in [-0.4, -0.2) is 44.3 Å². The van der Waals surface area contributed by atoms with E-state index < -0.39 is 0 Å². The number of aromatic nitrogens is 5. The summed E-state index contributed by atoms with van der Waals surface area (Å²) in [5, 5.41) is 12.6. The molecule has 1 amide bonds. The number of aromatic amines is 2. The van der Waals surface area contributed by atoms with E-state index in [2.05, 4.69) is 30.5 Å². The molecule has 3 N–H and O–H groups in total. The molecule has 0 saturated heterocycles. The van der Waals surface area contributed by atoms with Crippen molar-refractivity contribution in [2.75, 3.05) is 12.4 Å². The molecule has 1 unspecified atom stereocenters. The molecule has 1 saturated carbocycles. The third-order valence-electron chi connectivity index (χ3n) is 8.33. The molecule has 0 spiro atoms. The average molecular weight is 563 g/mol. The van der Waals surface area contributed by atoms with E-state index in [0.717, 1.165) is 81.3 Å². The third-order valence-corrected chi connectivity index (χ3v) is 8.33. The van der Waals surface area contributed by atoms with Gasteiger partial charge in [0.15, 0.2) is 0 Å². The molecule has 1 aromatic carbocycles. The normalized spacial score (nSPS) is 17.8. The predicted octanol–water partition coefficient (Wildman–Crippen LogP) is 7.34. The highest BCUT2D eigenvalue weighted by molar-refractivity contribution is 6.01. The molecule has 7 rings (SSSR count). The molecule has 0 radical (unpaired) electrons. The fourth-order valence-electron chi connectivity index (χ4n) is 6.12. The molecule has 212 valence electrons. The number of benzene rings is 1. The first-order valence-electron chi connectivity index (χ1n) is 14.4. The quantitative estimate of drug-likeness (QED) is 0.201. The molecule has 5 aromatic rings. The first-order valence-corrected chi connectivity index (χ1v) is 14.4. The summed E-state index contributed by atoms with van der Waals surface area (Å²) in [6.45, 7) is 0. The van der Waals surface area contributed by atoms with E-state index in [4.69, 9.17) is 4.74 Å². The van der Waals surface area contributed by atoms with Crippen molar-refractivity contribution in [3.8, 4) is 22.6 Å². The monoisotopic (exact) mass is 562 g/mol. The van der Waals surface area contributed by atoms with Gasteiger partial charge in [-0.3, -0.25) is 19.9 Å². The fraction of sp³-hybridized carbons (Fsp3) is 0.273. The van der Waals surface area contributed by atoms with Gasteiger partial charge in [-0.2, -0.15) is 5.10 Å². The summed E-state index contributed by atoms with van der Waals surface area (Å²) in [6.07, 6.45) is 14.0. The van der Waals surface area contributed by atoms with Crippen LogP contribution in [-0.2, 0) is 9.53 Å². The number of methoxy groups -OCH3 is 1. The smallest absolute Gasteiger partial charge is 0.227 e. The molecule has 1 atom stereocenters. The standard InChI is InChI=1S/C33H31FN6O2/c1-42-24-12-20(10-22(34)13-24)25-8-5-9-28-26(25)14-30(38-28)32-27-15-29(36-18-31(27)39-40-32)21-11-23(17-35-16-21)37-33(41)19-6-3-2-4-7-19/h5,8-12,14-19,24,38H,2-4,6-7,13H2,1H3,(H,37,41)(H,39,40). The Bertz CT molecular complexity index is 1860. The Morgan fingerprint density at radius 1 is 1.05 bits per heavy atom. The summed E-state index contributed by atoms with van der Waals surface area (Å²) in [5.41, 5.74) is 7.21. The van der Waals surface area contributed by atoms with Gasteiger partial charge in [0, 0.05) is 47.5 Å². The van der Waals surface area contributed by atoms with E-state index in [1.807, 2.05) is 42.5 Å². The summed E-state index contributed by atoms with van der Waals surface area (Å²) in [5.74, 6) is -0.0714. The van der Waals surface area contributed by atoms with Gasteiger partial charge in [0.1, 0.15) is 11.5 Å². The van der Waals surface area contributed by atoms with Gasteiger partial charge in [0.25, 0.3) is 0 Å². The zero-order valence-electron chi connectivity index (χ0n) is 23.3. The van der Waals surface area contributed by atoms with Crippen LogP contribution in [0.15, 0.2) is 73.0 Å². The highest BCUT2D eigenvalue weighted by Crippen LogP contribution is 2.36. The van der Waals surface area contributed by atoms with Crippen LogP contribution in [0.25, 0.3) is 50.0 Å². The number of pyridine rings is 2. The molecule has 0 bridgehead atoms. The van der Waals surface area contributed by atoms with Crippen molar-refractivity contribution >= 4 is 39.0 Å². The van der Waals surface area contributed by atoms with E-state index >= 15 is 0 Å². The lowest BCUT2D eigenvalue weighted by Gasteiger charge is -2.20. The van der Waals surface area contributed by atoms with Crippen molar-refractivity contribution < 1.29 is 13.9 Å². The Morgan fingerprint density at radius 2 is 1.93 bits per heavy atom. The van der Waals surface area contributed by atoms with E-state index in [-0.39, 0.29) is 30.2 Å². The van der Waals surface area contributed by atoms with Crippen molar-refractivity contribution in [2.45, 2.75) is 44.6 Å². The van der Waals surface area contributed by atoms with Crippen LogP contribution < -0.4 is 5.32 Å². The Labute approximate surface area is 242 Å². The van der Waals surface area contributed by atoms with Gasteiger partial charge in [-0.25, -0.2) is 4.39 Å². The number of nitrogens with zero attached hydrogens (tertiary/aromatic N) is 3. The van der Waals surface area contributed by atoms with E-state index in [1.165, 1.54) is 6.42 Å². The Kier molecular flexibility index (Phi) is 6.87. The van der Waals surface area contributed by atoms with Gasteiger partial charge >= 0.3 is 0 Å². The maximum Gasteiger partial charge on any atom is 0.227 e. The molecule has 4 heterocycles. The molecular weight excluding hydrogens is 531 g/mol. The molecule has 2 aliphatic carbocycles. The Morgan fingerprint density at radius 3 is 2.79 bits per heavy atom. The van der Waals surface area contributed by atoms with Crippen LogP contribution in [0.3, 0.4) is 0 Å². The van der Waals surface area contributed by atoms with Crippen LogP contribution >= 0.6 is 0 Å². The SMILES string of the molecule is COC1C=C(c2cccc3[nH]c(-c4n[nH]c5cnc(-c6cncc(NC(=O)C7CCCCC7)c6)cc45)cc23)C=C(F)C1. The fourth-order valence-corrected chi connectivity index (χ4v) is 6.12. The lowest BCUT2D eigenvalue weighted by Crippen LogP contribution is -2.24. The van der Waals surface area contributed by atoms with Gasteiger partial charge in [-0.05, 0) is 60.4 Å². The molecule has 2 aliphatic rings. The van der Waals surface area contributed by atoms with Crippen molar-refractivity contribution in [1.29, 1.82) is 0 Å².